The van der Waals surface area contributed by atoms with Crippen LogP contribution in [0.3, 0.4) is 0 Å². The number of rotatable bonds is 0. The molecule has 14 heteroatoms. The van der Waals surface area contributed by atoms with Crippen molar-refractivity contribution in [3.8, 4) is 0 Å². The van der Waals surface area contributed by atoms with Crippen molar-refractivity contribution in [2.45, 2.75) is 10.1 Å². The quantitative estimate of drug-likeness (QED) is 0.0956. The molecular formula is C26H16Cu2F6N4Se2. The normalized spacial score (nSPS) is 10.6. The average molecular weight is 783 g/mol. The molecule has 0 saturated heterocycles. The summed E-state index contributed by atoms with van der Waals surface area (Å²) in [4.78, 5) is 17.4. The Hall–Kier alpha value is -2.26. The van der Waals surface area contributed by atoms with E-state index in [-0.39, 0.29) is 34.1 Å². The molecule has 0 amide bonds. The minimum Gasteiger partial charge on any atom is -0.254 e. The number of halogens is 6. The van der Waals surface area contributed by atoms with Crippen molar-refractivity contribution in [1.82, 2.24) is 19.9 Å². The van der Waals surface area contributed by atoms with Gasteiger partial charge in [-0.2, -0.15) is 0 Å². The van der Waals surface area contributed by atoms with Crippen LogP contribution in [0.1, 0.15) is 0 Å². The number of fused-ring (bicyclic) bond motifs is 6. The van der Waals surface area contributed by atoms with Gasteiger partial charge in [-0.05, 0) is 24.3 Å². The van der Waals surface area contributed by atoms with Gasteiger partial charge in [0, 0.05) is 46.3 Å². The van der Waals surface area contributed by atoms with Crippen molar-refractivity contribution in [1.29, 1.82) is 0 Å². The molecule has 0 fully saturated rings. The maximum absolute atomic E-state index is 10.3. The van der Waals surface area contributed by atoms with Crippen molar-refractivity contribution < 1.29 is 60.5 Å². The molecule has 0 atom stereocenters. The topological polar surface area (TPSA) is 51.6 Å². The Labute approximate surface area is 262 Å². The van der Waals surface area contributed by atoms with E-state index in [1.54, 1.807) is 24.8 Å². The van der Waals surface area contributed by atoms with Crippen LogP contribution >= 0.6 is 0 Å². The zero-order valence-electron chi connectivity index (χ0n) is 19.7. The number of aromatic nitrogens is 4. The van der Waals surface area contributed by atoms with E-state index in [1.165, 1.54) is 0 Å². The first-order chi connectivity index (χ1) is 17.9. The molecule has 0 bridgehead atoms. The van der Waals surface area contributed by atoms with E-state index in [2.05, 4.69) is 68.5 Å². The molecule has 0 spiro atoms. The third-order valence-corrected chi connectivity index (χ3v) is 4.69. The smallest absolute Gasteiger partial charge is 0.254 e. The Balaban J connectivity index is 0.000000292. The predicted molar refractivity (Wildman–Crippen MR) is 138 cm³/mol. The second-order valence-corrected chi connectivity index (χ2v) is 9.27. The summed E-state index contributed by atoms with van der Waals surface area (Å²) in [5, 5.41) is -3.70. The van der Waals surface area contributed by atoms with Crippen LogP contribution in [-0.4, -0.2) is 62.1 Å². The van der Waals surface area contributed by atoms with Crippen molar-refractivity contribution >= 4 is 75.6 Å². The van der Waals surface area contributed by atoms with Crippen molar-refractivity contribution in [2.75, 3.05) is 0 Å². The maximum atomic E-state index is 10.3. The Morgan fingerprint density at radius 2 is 0.575 bits per heavy atom. The van der Waals surface area contributed by atoms with Crippen LogP contribution in [-0.2, 0) is 34.1 Å². The van der Waals surface area contributed by atoms with Gasteiger partial charge in [0.1, 0.15) is 0 Å². The SMILES string of the molecule is FC(F)(F)[Se-].FC(F)(F)[Se-].[Cu+].[Cu+].c1cnc2c(c1)ccc1cccnc12.c1cnc2c(c1)ccc1cccnc12. The second-order valence-electron chi connectivity index (χ2n) is 7.32. The third kappa shape index (κ3) is 12.1. The van der Waals surface area contributed by atoms with Crippen LogP contribution in [0.4, 0.5) is 26.3 Å². The fourth-order valence-corrected chi connectivity index (χ4v) is 3.36. The minimum absolute atomic E-state index is 0. The first-order valence-electron chi connectivity index (χ1n) is 10.6. The first-order valence-corrected chi connectivity index (χ1v) is 12.3. The number of hydrogen-bond donors (Lipinski definition) is 0. The Morgan fingerprint density at radius 1 is 0.400 bits per heavy atom. The predicted octanol–water partition coefficient (Wildman–Crippen LogP) is 6.91. The van der Waals surface area contributed by atoms with Crippen LogP contribution in [0.5, 0.6) is 0 Å². The fourth-order valence-electron chi connectivity index (χ4n) is 3.36. The molecule has 0 saturated carbocycles. The van der Waals surface area contributed by atoms with Gasteiger partial charge in [0.2, 0.25) is 0 Å². The van der Waals surface area contributed by atoms with E-state index in [0.717, 1.165) is 75.6 Å². The van der Waals surface area contributed by atoms with E-state index < -0.39 is 10.1 Å². The van der Waals surface area contributed by atoms with Gasteiger partial charge < -0.3 is 0 Å². The second kappa shape index (κ2) is 16.2. The third-order valence-electron chi connectivity index (χ3n) is 4.69. The van der Waals surface area contributed by atoms with Gasteiger partial charge >= 0.3 is 103 Å². The molecule has 0 aliphatic heterocycles. The summed E-state index contributed by atoms with van der Waals surface area (Å²) in [6.45, 7) is 0. The molecule has 4 nitrogen and oxygen atoms in total. The van der Waals surface area contributed by atoms with Gasteiger partial charge in [0.05, 0.1) is 22.1 Å². The molecule has 6 aromatic rings. The number of nitrogens with zero attached hydrogens (tertiary/aromatic N) is 4. The summed E-state index contributed by atoms with van der Waals surface area (Å²) in [7, 11) is 0. The number of hydrogen-bond acceptors (Lipinski definition) is 4. The van der Waals surface area contributed by atoms with E-state index >= 15 is 0 Å². The molecule has 0 N–H and O–H groups in total. The average Bonchev–Trinajstić information content (AvgIpc) is 2.87. The summed E-state index contributed by atoms with van der Waals surface area (Å²) in [6.07, 6.45) is 7.21. The summed E-state index contributed by atoms with van der Waals surface area (Å²) < 4.78 is 61.8. The standard InChI is InChI=1S/2C12H8N2.2CHF3Se.2Cu/c2*1-3-9-5-6-10-4-2-8-14-12(10)11(9)13-7-1;2*2-1(3,4)5;;/h2*1-8H;2*5H;;/q;;;;2*+1/p-2. The van der Waals surface area contributed by atoms with Gasteiger partial charge in [-0.3, -0.25) is 19.9 Å². The molecule has 2 aromatic carbocycles. The zero-order chi connectivity index (χ0) is 27.8. The van der Waals surface area contributed by atoms with Gasteiger partial charge in [-0.1, -0.05) is 48.5 Å². The van der Waals surface area contributed by atoms with Crippen LogP contribution in [0, 0.1) is 0 Å². The van der Waals surface area contributed by atoms with Crippen LogP contribution in [0.15, 0.2) is 97.6 Å². The molecule has 40 heavy (non-hydrogen) atoms. The van der Waals surface area contributed by atoms with E-state index in [9.17, 15) is 26.3 Å². The molecule has 0 aliphatic carbocycles. The van der Waals surface area contributed by atoms with Crippen LogP contribution < -0.4 is 0 Å². The minimum atomic E-state index is -4.12. The largest absolute Gasteiger partial charge is 1.00 e. The molecule has 0 unspecified atom stereocenters. The van der Waals surface area contributed by atoms with Crippen molar-refractivity contribution in [3.05, 3.63) is 97.6 Å². The fraction of sp³-hybridized carbons (Fsp3) is 0.0769. The summed E-state index contributed by atoms with van der Waals surface area (Å²) in [6, 6.07) is 24.3. The number of pyridine rings is 4. The van der Waals surface area contributed by atoms with Gasteiger partial charge in [-0.25, -0.2) is 0 Å². The van der Waals surface area contributed by atoms with Gasteiger partial charge in [-0.15, -0.1) is 0 Å². The number of benzene rings is 2. The van der Waals surface area contributed by atoms with Gasteiger partial charge in [0.25, 0.3) is 0 Å². The Kier molecular flexibility index (Phi) is 14.5. The summed E-state index contributed by atoms with van der Waals surface area (Å²) in [5.41, 5.74) is 3.91. The molecule has 0 aliphatic rings. The summed E-state index contributed by atoms with van der Waals surface area (Å²) >= 11 is 1.96. The Morgan fingerprint density at radius 3 is 0.750 bits per heavy atom. The molecule has 216 valence electrons. The molecule has 0 radical (unpaired) electrons. The number of alkyl halides is 6. The Bertz CT molecular complexity index is 1410. The maximum Gasteiger partial charge on any atom is 1.00 e. The van der Waals surface area contributed by atoms with E-state index in [0.29, 0.717) is 0 Å². The monoisotopic (exact) mass is 784 g/mol. The van der Waals surface area contributed by atoms with Crippen molar-refractivity contribution in [3.63, 3.8) is 0 Å². The van der Waals surface area contributed by atoms with Gasteiger partial charge in [0.15, 0.2) is 0 Å². The molecular weight excluding hydrogens is 767 g/mol. The zero-order valence-corrected chi connectivity index (χ0v) is 25.0. The van der Waals surface area contributed by atoms with Crippen molar-refractivity contribution in [2.24, 2.45) is 0 Å². The van der Waals surface area contributed by atoms with E-state index in [4.69, 9.17) is 0 Å². The van der Waals surface area contributed by atoms with Crippen LogP contribution in [0.2, 0.25) is 0 Å². The first kappa shape index (κ1) is 35.8. The molecule has 6 rings (SSSR count). The van der Waals surface area contributed by atoms with Crippen LogP contribution in [0.25, 0.3) is 43.6 Å². The summed E-state index contributed by atoms with van der Waals surface area (Å²) in [5.74, 6) is 0. The van der Waals surface area contributed by atoms with E-state index in [1.807, 2.05) is 24.3 Å². The molecule has 4 aromatic heterocycles. The molecule has 4 heterocycles.